The van der Waals surface area contributed by atoms with Crippen molar-refractivity contribution in [1.29, 1.82) is 0 Å². The maximum Gasteiger partial charge on any atom is 0.0342 e. The summed E-state index contributed by atoms with van der Waals surface area (Å²) >= 11 is 0. The lowest BCUT2D eigenvalue weighted by Crippen LogP contribution is -2.36. The third-order valence-electron chi connectivity index (χ3n) is 4.46. The molecule has 1 aliphatic rings. The quantitative estimate of drug-likeness (QED) is 0.826. The van der Waals surface area contributed by atoms with Crippen LogP contribution in [-0.2, 0) is 0 Å². The zero-order chi connectivity index (χ0) is 13.8. The van der Waals surface area contributed by atoms with Gasteiger partial charge in [-0.3, -0.25) is 0 Å². The van der Waals surface area contributed by atoms with E-state index in [0.29, 0.717) is 12.1 Å². The van der Waals surface area contributed by atoms with Gasteiger partial charge in [0, 0.05) is 31.2 Å². The van der Waals surface area contributed by atoms with E-state index in [4.69, 9.17) is 5.73 Å². The lowest BCUT2D eigenvalue weighted by atomic mass is 10.1. The average Bonchev–Trinajstić information content (AvgIpc) is 2.75. The van der Waals surface area contributed by atoms with E-state index in [9.17, 15) is 0 Å². The molecule has 0 aromatic heterocycles. The lowest BCUT2D eigenvalue weighted by molar-refractivity contribution is 0.248. The van der Waals surface area contributed by atoms with Gasteiger partial charge in [0.15, 0.2) is 0 Å². The van der Waals surface area contributed by atoms with Gasteiger partial charge in [-0.15, -0.1) is 0 Å². The first-order chi connectivity index (χ1) is 9.13. The molecule has 0 amide bonds. The summed E-state index contributed by atoms with van der Waals surface area (Å²) in [5.41, 5.74) is 8.89. The van der Waals surface area contributed by atoms with E-state index in [-0.39, 0.29) is 6.04 Å². The van der Waals surface area contributed by atoms with Gasteiger partial charge in [-0.25, -0.2) is 0 Å². The molecule has 0 fully saturated rings. The number of nitrogens with two attached hydrogens (primary N) is 1. The van der Waals surface area contributed by atoms with Crippen LogP contribution in [0.1, 0.15) is 49.9 Å². The van der Waals surface area contributed by atoms with Gasteiger partial charge in [0.25, 0.3) is 0 Å². The summed E-state index contributed by atoms with van der Waals surface area (Å²) < 4.78 is 0. The van der Waals surface area contributed by atoms with Gasteiger partial charge in [-0.1, -0.05) is 31.2 Å². The minimum absolute atomic E-state index is 0.195. The van der Waals surface area contributed by atoms with Crippen LogP contribution in [0.4, 0.5) is 0 Å². The van der Waals surface area contributed by atoms with Crippen molar-refractivity contribution >= 4 is 0 Å². The molecular weight excluding hydrogens is 234 g/mol. The van der Waals surface area contributed by atoms with Gasteiger partial charge in [-0.2, -0.15) is 0 Å². The Balaban J connectivity index is 1.85. The van der Waals surface area contributed by atoms with E-state index in [0.717, 1.165) is 19.5 Å². The molecule has 106 valence electrons. The van der Waals surface area contributed by atoms with E-state index in [1.54, 1.807) is 0 Å². The fourth-order valence-electron chi connectivity index (χ4n) is 2.81. The molecule has 0 saturated heterocycles. The van der Waals surface area contributed by atoms with Crippen molar-refractivity contribution in [3.63, 3.8) is 0 Å². The number of fused-ring (bicyclic) bond motifs is 1. The molecule has 0 heterocycles. The summed E-state index contributed by atoms with van der Waals surface area (Å²) in [4.78, 5) is 2.41. The van der Waals surface area contributed by atoms with Gasteiger partial charge in [0.1, 0.15) is 0 Å². The first-order valence-corrected chi connectivity index (χ1v) is 7.41. The first kappa shape index (κ1) is 14.5. The molecular formula is C16H27N3. The highest BCUT2D eigenvalue weighted by molar-refractivity contribution is 5.37. The van der Waals surface area contributed by atoms with E-state index in [2.05, 4.69) is 55.4 Å². The number of nitrogens with one attached hydrogen (secondary N) is 1. The van der Waals surface area contributed by atoms with Crippen LogP contribution in [0.25, 0.3) is 0 Å². The van der Waals surface area contributed by atoms with Crippen molar-refractivity contribution in [3.05, 3.63) is 35.4 Å². The van der Waals surface area contributed by atoms with E-state index in [1.165, 1.54) is 17.5 Å². The second-order valence-electron chi connectivity index (χ2n) is 5.72. The van der Waals surface area contributed by atoms with E-state index in [1.807, 2.05) is 0 Å². The van der Waals surface area contributed by atoms with Crippen LogP contribution in [0.15, 0.2) is 24.3 Å². The zero-order valence-electron chi connectivity index (χ0n) is 12.4. The first-order valence-electron chi connectivity index (χ1n) is 7.41. The predicted octanol–water partition coefficient (Wildman–Crippen LogP) is 2.45. The fraction of sp³-hybridized carbons (Fsp3) is 0.625. The second kappa shape index (κ2) is 6.51. The van der Waals surface area contributed by atoms with Gasteiger partial charge in [0.2, 0.25) is 0 Å². The SMILES string of the molecule is CCC(C)N(C)CCNC1CC(N)c2ccccc21. The smallest absolute Gasteiger partial charge is 0.0342 e. The van der Waals surface area contributed by atoms with Crippen molar-refractivity contribution in [3.8, 4) is 0 Å². The largest absolute Gasteiger partial charge is 0.324 e. The van der Waals surface area contributed by atoms with Crippen LogP contribution in [-0.4, -0.2) is 31.1 Å². The minimum Gasteiger partial charge on any atom is -0.324 e. The Bertz CT molecular complexity index is 405. The Kier molecular flexibility index (Phi) is 4.97. The standard InChI is InChI=1S/C16H27N3/c1-4-12(2)19(3)10-9-18-16-11-15(17)13-7-5-6-8-14(13)16/h5-8,12,15-16,18H,4,9-11,17H2,1-3H3. The van der Waals surface area contributed by atoms with Crippen molar-refractivity contribution in [1.82, 2.24) is 10.2 Å². The monoisotopic (exact) mass is 261 g/mol. The van der Waals surface area contributed by atoms with E-state index < -0.39 is 0 Å². The zero-order valence-corrected chi connectivity index (χ0v) is 12.4. The van der Waals surface area contributed by atoms with Crippen molar-refractivity contribution in [2.75, 3.05) is 20.1 Å². The number of likely N-dealkylation sites (N-methyl/N-ethyl adjacent to an activating group) is 1. The van der Waals surface area contributed by atoms with Crippen molar-refractivity contribution < 1.29 is 0 Å². The maximum absolute atomic E-state index is 6.19. The molecule has 3 N–H and O–H groups in total. The molecule has 1 aromatic carbocycles. The van der Waals surface area contributed by atoms with Crippen LogP contribution in [0.5, 0.6) is 0 Å². The summed E-state index contributed by atoms with van der Waals surface area (Å²) in [6, 6.07) is 9.83. The molecule has 0 bridgehead atoms. The Labute approximate surface area is 117 Å². The highest BCUT2D eigenvalue weighted by Gasteiger charge is 2.27. The molecule has 2 rings (SSSR count). The van der Waals surface area contributed by atoms with Crippen LogP contribution >= 0.6 is 0 Å². The predicted molar refractivity (Wildman–Crippen MR) is 81.1 cm³/mol. The highest BCUT2D eigenvalue weighted by Crippen LogP contribution is 2.36. The summed E-state index contributed by atoms with van der Waals surface area (Å²) in [5.74, 6) is 0. The molecule has 19 heavy (non-hydrogen) atoms. The van der Waals surface area contributed by atoms with Crippen LogP contribution in [0, 0.1) is 0 Å². The number of hydrogen-bond acceptors (Lipinski definition) is 3. The Morgan fingerprint density at radius 3 is 2.74 bits per heavy atom. The molecule has 0 radical (unpaired) electrons. The molecule has 0 aliphatic heterocycles. The minimum atomic E-state index is 0.195. The molecule has 1 aliphatic carbocycles. The van der Waals surface area contributed by atoms with Gasteiger partial charge in [0.05, 0.1) is 0 Å². The Morgan fingerprint density at radius 2 is 2.05 bits per heavy atom. The van der Waals surface area contributed by atoms with Crippen LogP contribution < -0.4 is 11.1 Å². The molecule has 3 nitrogen and oxygen atoms in total. The fourth-order valence-corrected chi connectivity index (χ4v) is 2.81. The third-order valence-corrected chi connectivity index (χ3v) is 4.46. The highest BCUT2D eigenvalue weighted by atomic mass is 15.1. The number of benzene rings is 1. The Hall–Kier alpha value is -0.900. The summed E-state index contributed by atoms with van der Waals surface area (Å²) in [5, 5.41) is 3.66. The van der Waals surface area contributed by atoms with Crippen LogP contribution in [0.2, 0.25) is 0 Å². The lowest BCUT2D eigenvalue weighted by Gasteiger charge is -2.24. The van der Waals surface area contributed by atoms with Crippen LogP contribution in [0.3, 0.4) is 0 Å². The molecule has 0 spiro atoms. The van der Waals surface area contributed by atoms with Crippen molar-refractivity contribution in [2.24, 2.45) is 5.73 Å². The molecule has 1 aromatic rings. The number of rotatable bonds is 6. The van der Waals surface area contributed by atoms with Gasteiger partial charge < -0.3 is 16.0 Å². The van der Waals surface area contributed by atoms with Gasteiger partial charge >= 0.3 is 0 Å². The Morgan fingerprint density at radius 1 is 1.37 bits per heavy atom. The van der Waals surface area contributed by atoms with Gasteiger partial charge in [-0.05, 0) is 37.9 Å². The number of hydrogen-bond donors (Lipinski definition) is 2. The average molecular weight is 261 g/mol. The normalized spacial score (nSPS) is 23.6. The molecule has 3 unspecified atom stereocenters. The summed E-state index contributed by atoms with van der Waals surface area (Å²) in [6.45, 7) is 6.62. The third kappa shape index (κ3) is 3.35. The second-order valence-corrected chi connectivity index (χ2v) is 5.72. The summed E-state index contributed by atoms with van der Waals surface area (Å²) in [6.07, 6.45) is 2.22. The van der Waals surface area contributed by atoms with E-state index >= 15 is 0 Å². The molecule has 3 heteroatoms. The van der Waals surface area contributed by atoms with Crippen molar-refractivity contribution in [2.45, 2.75) is 44.8 Å². The maximum atomic E-state index is 6.19. The molecule has 0 saturated carbocycles. The molecule has 3 atom stereocenters. The number of nitrogens with zero attached hydrogens (tertiary/aromatic N) is 1. The topological polar surface area (TPSA) is 41.3 Å². The summed E-state index contributed by atoms with van der Waals surface area (Å²) in [7, 11) is 2.20.